The maximum atomic E-state index is 11.9. The Morgan fingerprint density at radius 2 is 1.63 bits per heavy atom. The molecule has 0 unspecified atom stereocenters. The molecule has 150 valence electrons. The Morgan fingerprint density at radius 3 is 2.19 bits per heavy atom. The fraction of sp³-hybridized carbons (Fsp3) is 0.550. The Bertz CT molecular complexity index is 634. The van der Waals surface area contributed by atoms with Gasteiger partial charge in [0.25, 0.3) is 0 Å². The highest BCUT2D eigenvalue weighted by Gasteiger charge is 2.15. The van der Waals surface area contributed by atoms with Crippen molar-refractivity contribution in [2.75, 3.05) is 11.9 Å². The van der Waals surface area contributed by atoms with Crippen molar-refractivity contribution in [3.05, 3.63) is 29.8 Å². The largest absolute Gasteiger partial charge is 0.444 e. The number of amides is 3. The zero-order valence-electron chi connectivity index (χ0n) is 16.8. The number of anilines is 1. The van der Waals surface area contributed by atoms with Crippen molar-refractivity contribution >= 4 is 23.6 Å². The second-order valence-electron chi connectivity index (χ2n) is 7.80. The van der Waals surface area contributed by atoms with E-state index in [1.165, 1.54) is 0 Å². The van der Waals surface area contributed by atoms with Crippen LogP contribution in [0, 0.1) is 5.92 Å². The monoisotopic (exact) mass is 377 g/mol. The van der Waals surface area contributed by atoms with Crippen LogP contribution < -0.4 is 16.0 Å². The summed E-state index contributed by atoms with van der Waals surface area (Å²) in [5, 5.41) is 8.17. The number of ether oxygens (including phenoxy) is 1. The minimum absolute atomic E-state index is 0.0277. The number of hydrogen-bond acceptors (Lipinski definition) is 4. The first-order valence-corrected chi connectivity index (χ1v) is 9.17. The van der Waals surface area contributed by atoms with Crippen LogP contribution in [0.2, 0.25) is 0 Å². The molecule has 1 aromatic carbocycles. The van der Waals surface area contributed by atoms with Crippen molar-refractivity contribution in [1.82, 2.24) is 10.6 Å². The van der Waals surface area contributed by atoms with Crippen LogP contribution in [-0.2, 0) is 20.9 Å². The molecule has 7 heteroatoms. The number of carbonyl (C=O) groups is 3. The number of alkyl carbamates (subject to hydrolysis) is 1. The normalized spacial score (nSPS) is 11.0. The van der Waals surface area contributed by atoms with Crippen molar-refractivity contribution in [1.29, 1.82) is 0 Å². The van der Waals surface area contributed by atoms with E-state index in [-0.39, 0.29) is 24.8 Å². The van der Waals surface area contributed by atoms with Crippen molar-refractivity contribution in [3.63, 3.8) is 0 Å². The molecule has 0 aliphatic heterocycles. The van der Waals surface area contributed by atoms with E-state index in [1.54, 1.807) is 32.9 Å². The fourth-order valence-electron chi connectivity index (χ4n) is 2.17. The lowest BCUT2D eigenvalue weighted by Gasteiger charge is -2.19. The molecule has 0 bridgehead atoms. The summed E-state index contributed by atoms with van der Waals surface area (Å²) in [5.41, 5.74) is 1.05. The van der Waals surface area contributed by atoms with Crippen molar-refractivity contribution in [3.8, 4) is 0 Å². The highest BCUT2D eigenvalue weighted by Crippen LogP contribution is 2.10. The van der Waals surface area contributed by atoms with Crippen LogP contribution in [0.5, 0.6) is 0 Å². The molecular weight excluding hydrogens is 346 g/mol. The van der Waals surface area contributed by atoms with Crippen LogP contribution in [0.4, 0.5) is 10.5 Å². The average molecular weight is 377 g/mol. The van der Waals surface area contributed by atoms with E-state index >= 15 is 0 Å². The van der Waals surface area contributed by atoms with Gasteiger partial charge in [-0.3, -0.25) is 9.59 Å². The lowest BCUT2D eigenvalue weighted by Crippen LogP contribution is -2.34. The zero-order chi connectivity index (χ0) is 20.4. The predicted octanol–water partition coefficient (Wildman–Crippen LogP) is 3.20. The molecule has 27 heavy (non-hydrogen) atoms. The number of hydrogen-bond donors (Lipinski definition) is 3. The first-order valence-electron chi connectivity index (χ1n) is 9.17. The van der Waals surface area contributed by atoms with E-state index < -0.39 is 11.7 Å². The smallest absolute Gasteiger partial charge is 0.407 e. The number of carbonyl (C=O) groups excluding carboxylic acids is 3. The van der Waals surface area contributed by atoms with Crippen molar-refractivity contribution in [2.45, 2.75) is 59.6 Å². The molecule has 3 amide bonds. The van der Waals surface area contributed by atoms with Crippen LogP contribution in [0.3, 0.4) is 0 Å². The maximum absolute atomic E-state index is 11.9. The number of nitrogens with one attached hydrogen (secondary N) is 3. The highest BCUT2D eigenvalue weighted by molar-refractivity contribution is 5.91. The van der Waals surface area contributed by atoms with Gasteiger partial charge in [-0.15, -0.1) is 0 Å². The summed E-state index contributed by atoms with van der Waals surface area (Å²) in [6, 6.07) is 7.26. The van der Waals surface area contributed by atoms with Gasteiger partial charge >= 0.3 is 6.09 Å². The molecule has 0 saturated heterocycles. The molecular formula is C20H31N3O4. The molecule has 0 saturated carbocycles. The molecule has 1 aromatic rings. The van der Waals surface area contributed by atoms with Gasteiger partial charge in [-0.2, -0.15) is 0 Å². The molecule has 7 nitrogen and oxygen atoms in total. The van der Waals surface area contributed by atoms with E-state index in [9.17, 15) is 14.4 Å². The van der Waals surface area contributed by atoms with Crippen LogP contribution in [0.15, 0.2) is 24.3 Å². The predicted molar refractivity (Wildman–Crippen MR) is 105 cm³/mol. The third-order valence-corrected chi connectivity index (χ3v) is 3.34. The quantitative estimate of drug-likeness (QED) is 0.648. The summed E-state index contributed by atoms with van der Waals surface area (Å²) >= 11 is 0. The first-order chi connectivity index (χ1) is 12.5. The van der Waals surface area contributed by atoms with Gasteiger partial charge in [-0.25, -0.2) is 4.79 Å². The number of benzene rings is 1. The molecule has 1 rings (SSSR count). The summed E-state index contributed by atoms with van der Waals surface area (Å²) in [4.78, 5) is 35.1. The van der Waals surface area contributed by atoms with Gasteiger partial charge in [-0.1, -0.05) is 26.0 Å². The van der Waals surface area contributed by atoms with E-state index in [0.717, 1.165) is 5.56 Å². The van der Waals surface area contributed by atoms with Crippen molar-refractivity contribution < 1.29 is 19.1 Å². The molecule has 3 N–H and O–H groups in total. The third-order valence-electron chi connectivity index (χ3n) is 3.34. The fourth-order valence-corrected chi connectivity index (χ4v) is 2.17. The third kappa shape index (κ3) is 10.9. The summed E-state index contributed by atoms with van der Waals surface area (Å²) in [6.07, 6.45) is 0.108. The van der Waals surface area contributed by atoms with Gasteiger partial charge in [-0.05, 0) is 44.4 Å². The minimum Gasteiger partial charge on any atom is -0.444 e. The summed E-state index contributed by atoms with van der Waals surface area (Å²) < 4.78 is 5.10. The number of rotatable bonds is 8. The molecule has 0 spiro atoms. The van der Waals surface area contributed by atoms with Crippen LogP contribution >= 0.6 is 0 Å². The average Bonchev–Trinajstić information content (AvgIpc) is 2.52. The molecule has 0 heterocycles. The Kier molecular flexibility index (Phi) is 8.78. The van der Waals surface area contributed by atoms with Gasteiger partial charge in [0.2, 0.25) is 11.8 Å². The molecule has 0 aromatic heterocycles. The van der Waals surface area contributed by atoms with Gasteiger partial charge in [0, 0.05) is 31.6 Å². The van der Waals surface area contributed by atoms with Gasteiger partial charge in [0.15, 0.2) is 0 Å². The van der Waals surface area contributed by atoms with E-state index in [1.807, 2.05) is 26.0 Å². The molecule has 0 fully saturated rings. The first kappa shape index (κ1) is 22.5. The second-order valence-corrected chi connectivity index (χ2v) is 7.80. The SMILES string of the molecule is CC(C)CC(=O)NCc1ccc(NC(=O)CCNC(=O)OC(C)(C)C)cc1. The highest BCUT2D eigenvalue weighted by atomic mass is 16.6. The lowest BCUT2D eigenvalue weighted by atomic mass is 10.1. The lowest BCUT2D eigenvalue weighted by molar-refractivity contribution is -0.122. The standard InChI is InChI=1S/C20H31N3O4/c1-14(2)12-18(25)22-13-15-6-8-16(9-7-15)23-17(24)10-11-21-19(26)27-20(3,4)5/h6-9,14H,10-13H2,1-5H3,(H,21,26)(H,22,25)(H,23,24). The zero-order valence-corrected chi connectivity index (χ0v) is 16.8. The van der Waals surface area contributed by atoms with E-state index in [2.05, 4.69) is 16.0 Å². The Morgan fingerprint density at radius 1 is 1.00 bits per heavy atom. The molecule has 0 aliphatic rings. The Hall–Kier alpha value is -2.57. The van der Waals surface area contributed by atoms with E-state index in [4.69, 9.17) is 4.74 Å². The Labute approximate surface area is 161 Å². The van der Waals surface area contributed by atoms with Crippen molar-refractivity contribution in [2.24, 2.45) is 5.92 Å². The molecule has 0 radical (unpaired) electrons. The molecule has 0 aliphatic carbocycles. The summed E-state index contributed by atoms with van der Waals surface area (Å²) in [5.74, 6) is 0.149. The maximum Gasteiger partial charge on any atom is 0.407 e. The second kappa shape index (κ2) is 10.5. The van der Waals surface area contributed by atoms with Crippen LogP contribution in [0.25, 0.3) is 0 Å². The summed E-state index contributed by atoms with van der Waals surface area (Å²) in [6.45, 7) is 9.98. The van der Waals surface area contributed by atoms with Crippen LogP contribution in [-0.4, -0.2) is 30.1 Å². The van der Waals surface area contributed by atoms with E-state index in [0.29, 0.717) is 24.6 Å². The summed E-state index contributed by atoms with van der Waals surface area (Å²) in [7, 11) is 0. The topological polar surface area (TPSA) is 96.5 Å². The minimum atomic E-state index is -0.567. The van der Waals surface area contributed by atoms with Crippen LogP contribution in [0.1, 0.15) is 53.0 Å². The molecule has 0 atom stereocenters. The Balaban J connectivity index is 2.32. The van der Waals surface area contributed by atoms with Gasteiger partial charge < -0.3 is 20.7 Å². The van der Waals surface area contributed by atoms with Gasteiger partial charge in [0.05, 0.1) is 0 Å². The van der Waals surface area contributed by atoms with Gasteiger partial charge in [0.1, 0.15) is 5.60 Å².